The highest BCUT2D eigenvalue weighted by Crippen LogP contribution is 2.11. The Labute approximate surface area is 114 Å². The van der Waals surface area contributed by atoms with E-state index in [9.17, 15) is 9.59 Å². The molecule has 0 bridgehead atoms. The zero-order valence-electron chi connectivity index (χ0n) is 11.9. The molecule has 0 unspecified atom stereocenters. The second-order valence-electron chi connectivity index (χ2n) is 4.63. The van der Waals surface area contributed by atoms with Crippen LogP contribution in [0.2, 0.25) is 0 Å². The third-order valence-corrected chi connectivity index (χ3v) is 3.16. The Morgan fingerprint density at radius 3 is 2.53 bits per heavy atom. The van der Waals surface area contributed by atoms with Gasteiger partial charge in [0, 0.05) is 32.1 Å². The average Bonchev–Trinajstić information content (AvgIpc) is 2.40. The Morgan fingerprint density at radius 1 is 1.26 bits per heavy atom. The van der Waals surface area contributed by atoms with Gasteiger partial charge in [0.05, 0.1) is 6.61 Å². The van der Waals surface area contributed by atoms with E-state index < -0.39 is 0 Å². The van der Waals surface area contributed by atoms with E-state index in [1.807, 2.05) is 6.92 Å². The molecule has 1 fully saturated rings. The summed E-state index contributed by atoms with van der Waals surface area (Å²) < 4.78 is 4.95. The van der Waals surface area contributed by atoms with Gasteiger partial charge in [-0.1, -0.05) is 6.92 Å². The summed E-state index contributed by atoms with van der Waals surface area (Å²) in [6, 6.07) is 0.180. The third kappa shape index (κ3) is 5.92. The van der Waals surface area contributed by atoms with E-state index in [4.69, 9.17) is 4.74 Å². The SMILES string of the molecule is CCNCCC(=O)NC1CCN(C(=O)OCC)CC1. The summed E-state index contributed by atoms with van der Waals surface area (Å²) >= 11 is 0. The summed E-state index contributed by atoms with van der Waals surface area (Å²) in [5.74, 6) is 0.0792. The maximum Gasteiger partial charge on any atom is 0.409 e. The van der Waals surface area contributed by atoms with Crippen LogP contribution in [-0.4, -0.2) is 55.7 Å². The molecule has 1 rings (SSSR count). The van der Waals surface area contributed by atoms with Crippen LogP contribution in [0.15, 0.2) is 0 Å². The lowest BCUT2D eigenvalue weighted by atomic mass is 10.1. The fraction of sp³-hybridized carbons (Fsp3) is 0.846. The minimum absolute atomic E-state index is 0.0792. The predicted octanol–water partition coefficient (Wildman–Crippen LogP) is 0.723. The van der Waals surface area contributed by atoms with Gasteiger partial charge in [-0.3, -0.25) is 4.79 Å². The number of carbonyl (C=O) groups is 2. The number of ether oxygens (including phenoxy) is 1. The van der Waals surface area contributed by atoms with Gasteiger partial charge in [0.15, 0.2) is 0 Å². The van der Waals surface area contributed by atoms with Crippen molar-refractivity contribution in [1.82, 2.24) is 15.5 Å². The van der Waals surface area contributed by atoms with Gasteiger partial charge >= 0.3 is 6.09 Å². The molecule has 6 nitrogen and oxygen atoms in total. The standard InChI is InChI=1S/C13H25N3O3/c1-3-14-8-5-12(17)15-11-6-9-16(10-7-11)13(18)19-4-2/h11,14H,3-10H2,1-2H3,(H,15,17). The lowest BCUT2D eigenvalue weighted by Crippen LogP contribution is -2.47. The Kier molecular flexibility index (Phi) is 7.25. The molecule has 6 heteroatoms. The number of nitrogens with zero attached hydrogens (tertiary/aromatic N) is 1. The lowest BCUT2D eigenvalue weighted by molar-refractivity contribution is -0.121. The van der Waals surface area contributed by atoms with Crippen molar-refractivity contribution < 1.29 is 14.3 Å². The van der Waals surface area contributed by atoms with E-state index in [0.29, 0.717) is 32.7 Å². The molecule has 2 N–H and O–H groups in total. The van der Waals surface area contributed by atoms with Crippen LogP contribution in [0.3, 0.4) is 0 Å². The number of carbonyl (C=O) groups excluding carboxylic acids is 2. The van der Waals surface area contributed by atoms with Crippen molar-refractivity contribution in [3.05, 3.63) is 0 Å². The minimum Gasteiger partial charge on any atom is -0.450 e. The highest BCUT2D eigenvalue weighted by molar-refractivity contribution is 5.76. The van der Waals surface area contributed by atoms with Crippen LogP contribution < -0.4 is 10.6 Å². The van der Waals surface area contributed by atoms with Crippen molar-refractivity contribution in [1.29, 1.82) is 0 Å². The smallest absolute Gasteiger partial charge is 0.409 e. The van der Waals surface area contributed by atoms with E-state index in [1.54, 1.807) is 11.8 Å². The van der Waals surface area contributed by atoms with E-state index in [1.165, 1.54) is 0 Å². The molecule has 0 saturated carbocycles. The zero-order chi connectivity index (χ0) is 14.1. The Hall–Kier alpha value is -1.30. The zero-order valence-corrected chi connectivity index (χ0v) is 11.9. The first-order chi connectivity index (χ1) is 9.17. The molecule has 1 saturated heterocycles. The molecule has 0 atom stereocenters. The molecule has 0 spiro atoms. The minimum atomic E-state index is -0.251. The molecule has 1 aliphatic rings. The van der Waals surface area contributed by atoms with Crippen molar-refractivity contribution in [2.24, 2.45) is 0 Å². The van der Waals surface area contributed by atoms with Crippen molar-refractivity contribution >= 4 is 12.0 Å². The maximum atomic E-state index is 11.6. The van der Waals surface area contributed by atoms with E-state index in [2.05, 4.69) is 10.6 Å². The number of amides is 2. The van der Waals surface area contributed by atoms with Gasteiger partial charge in [0.2, 0.25) is 5.91 Å². The number of hydrogen-bond donors (Lipinski definition) is 2. The molecule has 1 heterocycles. The summed E-state index contributed by atoms with van der Waals surface area (Å²) in [5, 5.41) is 6.13. The summed E-state index contributed by atoms with van der Waals surface area (Å²) in [5.41, 5.74) is 0. The first-order valence-corrected chi connectivity index (χ1v) is 7.09. The molecule has 0 aromatic heterocycles. The first kappa shape index (κ1) is 15.8. The number of likely N-dealkylation sites (tertiary alicyclic amines) is 1. The van der Waals surface area contributed by atoms with Crippen LogP contribution in [0.4, 0.5) is 4.79 Å². The molecule has 2 amide bonds. The van der Waals surface area contributed by atoms with Crippen LogP contribution in [0.25, 0.3) is 0 Å². The summed E-state index contributed by atoms with van der Waals surface area (Å²) in [4.78, 5) is 24.9. The number of rotatable bonds is 6. The molecule has 19 heavy (non-hydrogen) atoms. The van der Waals surface area contributed by atoms with Crippen LogP contribution in [0.1, 0.15) is 33.1 Å². The van der Waals surface area contributed by atoms with Crippen molar-refractivity contribution in [2.75, 3.05) is 32.8 Å². The second kappa shape index (κ2) is 8.74. The summed E-state index contributed by atoms with van der Waals surface area (Å²) in [6.07, 6.45) is 1.85. The molecular formula is C13H25N3O3. The van der Waals surface area contributed by atoms with Crippen LogP contribution >= 0.6 is 0 Å². The molecular weight excluding hydrogens is 246 g/mol. The topological polar surface area (TPSA) is 70.7 Å². The number of piperidine rings is 1. The van der Waals surface area contributed by atoms with Crippen LogP contribution in [-0.2, 0) is 9.53 Å². The van der Waals surface area contributed by atoms with Gasteiger partial charge in [-0.25, -0.2) is 4.79 Å². The van der Waals surface area contributed by atoms with Gasteiger partial charge < -0.3 is 20.3 Å². The molecule has 0 aliphatic carbocycles. The normalized spacial score (nSPS) is 16.2. The fourth-order valence-electron chi connectivity index (χ4n) is 2.10. The Balaban J connectivity index is 2.19. The predicted molar refractivity (Wildman–Crippen MR) is 72.9 cm³/mol. The molecule has 0 radical (unpaired) electrons. The number of hydrogen-bond acceptors (Lipinski definition) is 4. The lowest BCUT2D eigenvalue weighted by Gasteiger charge is -2.31. The fourth-order valence-corrected chi connectivity index (χ4v) is 2.10. The highest BCUT2D eigenvalue weighted by atomic mass is 16.6. The van der Waals surface area contributed by atoms with Crippen molar-refractivity contribution in [3.63, 3.8) is 0 Å². The Bertz CT molecular complexity index is 289. The summed E-state index contributed by atoms with van der Waals surface area (Å²) in [6.45, 7) is 7.11. The van der Waals surface area contributed by atoms with Gasteiger partial charge in [-0.2, -0.15) is 0 Å². The highest BCUT2D eigenvalue weighted by Gasteiger charge is 2.24. The van der Waals surface area contributed by atoms with E-state index in [0.717, 1.165) is 19.4 Å². The third-order valence-electron chi connectivity index (χ3n) is 3.16. The van der Waals surface area contributed by atoms with E-state index >= 15 is 0 Å². The van der Waals surface area contributed by atoms with Gasteiger partial charge in [0.25, 0.3) is 0 Å². The van der Waals surface area contributed by atoms with Crippen molar-refractivity contribution in [2.45, 2.75) is 39.2 Å². The average molecular weight is 271 g/mol. The van der Waals surface area contributed by atoms with Gasteiger partial charge in [-0.15, -0.1) is 0 Å². The second-order valence-corrected chi connectivity index (χ2v) is 4.63. The van der Waals surface area contributed by atoms with E-state index in [-0.39, 0.29) is 18.0 Å². The number of nitrogens with one attached hydrogen (secondary N) is 2. The monoisotopic (exact) mass is 271 g/mol. The van der Waals surface area contributed by atoms with Crippen molar-refractivity contribution in [3.8, 4) is 0 Å². The molecule has 0 aromatic rings. The van der Waals surface area contributed by atoms with Gasteiger partial charge in [0.1, 0.15) is 0 Å². The van der Waals surface area contributed by atoms with Crippen LogP contribution in [0.5, 0.6) is 0 Å². The quantitative estimate of drug-likeness (QED) is 0.698. The Morgan fingerprint density at radius 2 is 1.95 bits per heavy atom. The largest absolute Gasteiger partial charge is 0.450 e. The van der Waals surface area contributed by atoms with Gasteiger partial charge in [-0.05, 0) is 26.3 Å². The summed E-state index contributed by atoms with van der Waals surface area (Å²) in [7, 11) is 0. The van der Waals surface area contributed by atoms with Crippen LogP contribution in [0, 0.1) is 0 Å². The first-order valence-electron chi connectivity index (χ1n) is 7.09. The molecule has 1 aliphatic heterocycles. The molecule has 110 valence electrons. The molecule has 0 aromatic carbocycles. The maximum absolute atomic E-state index is 11.6.